The highest BCUT2D eigenvalue weighted by molar-refractivity contribution is 6.05. The molecule has 1 aromatic carbocycles. The summed E-state index contributed by atoms with van der Waals surface area (Å²) >= 11 is 0. The van der Waals surface area contributed by atoms with E-state index in [0.717, 1.165) is 36.9 Å². The molecule has 1 aliphatic heterocycles. The van der Waals surface area contributed by atoms with Crippen LogP contribution in [0.2, 0.25) is 0 Å². The second-order valence-electron chi connectivity index (χ2n) is 7.67. The molecule has 0 aromatic heterocycles. The van der Waals surface area contributed by atoms with Gasteiger partial charge in [-0.05, 0) is 69.6 Å². The van der Waals surface area contributed by atoms with Gasteiger partial charge in [0.2, 0.25) is 5.91 Å². The number of hydrogen-bond acceptors (Lipinski definition) is 3. The zero-order valence-electron chi connectivity index (χ0n) is 14.4. The number of rotatable bonds is 4. The number of fused-ring (bicyclic) bond motifs is 1. The zero-order valence-corrected chi connectivity index (χ0v) is 14.4. The van der Waals surface area contributed by atoms with Crippen LogP contribution in [0.4, 0.5) is 5.69 Å². The van der Waals surface area contributed by atoms with Gasteiger partial charge in [-0.3, -0.25) is 4.79 Å². The van der Waals surface area contributed by atoms with Crippen LogP contribution >= 0.6 is 0 Å². The lowest BCUT2D eigenvalue weighted by atomic mass is 9.84. The maximum absolute atomic E-state index is 12.1. The van der Waals surface area contributed by atoms with Crippen molar-refractivity contribution in [1.82, 2.24) is 5.32 Å². The van der Waals surface area contributed by atoms with E-state index in [9.17, 15) is 9.90 Å². The van der Waals surface area contributed by atoms with Gasteiger partial charge in [0.25, 0.3) is 0 Å². The van der Waals surface area contributed by atoms with Gasteiger partial charge in [-0.2, -0.15) is 0 Å². The zero-order chi connectivity index (χ0) is 16.6. The summed E-state index contributed by atoms with van der Waals surface area (Å²) in [5.74, 6) is 0.564. The van der Waals surface area contributed by atoms with Crippen molar-refractivity contribution in [2.75, 3.05) is 11.9 Å². The van der Waals surface area contributed by atoms with Crippen LogP contribution in [-0.4, -0.2) is 23.7 Å². The molecule has 1 unspecified atom stereocenters. The predicted octanol–water partition coefficient (Wildman–Crippen LogP) is 3.12. The molecule has 2 aliphatic rings. The highest BCUT2D eigenvalue weighted by atomic mass is 16.3. The number of hydrogen-bond donors (Lipinski definition) is 3. The van der Waals surface area contributed by atoms with Gasteiger partial charge < -0.3 is 15.7 Å². The summed E-state index contributed by atoms with van der Waals surface area (Å²) in [6.45, 7) is 6.47. The quantitative estimate of drug-likeness (QED) is 0.800. The summed E-state index contributed by atoms with van der Waals surface area (Å²) in [5.41, 5.74) is 2.82. The minimum Gasteiger partial charge on any atom is -0.396 e. The Labute approximate surface area is 138 Å². The van der Waals surface area contributed by atoms with Crippen LogP contribution in [0.15, 0.2) is 18.2 Å². The van der Waals surface area contributed by atoms with Crippen molar-refractivity contribution in [3.8, 4) is 0 Å². The van der Waals surface area contributed by atoms with E-state index in [1.807, 2.05) is 19.9 Å². The first kappa shape index (κ1) is 16.5. The van der Waals surface area contributed by atoms with Crippen LogP contribution in [0.1, 0.15) is 63.6 Å². The van der Waals surface area contributed by atoms with E-state index in [4.69, 9.17) is 0 Å². The highest BCUT2D eigenvalue weighted by Gasteiger charge is 2.38. The van der Waals surface area contributed by atoms with Gasteiger partial charge in [0, 0.05) is 24.4 Å². The molecule has 4 nitrogen and oxygen atoms in total. The van der Waals surface area contributed by atoms with Crippen molar-refractivity contribution in [2.24, 2.45) is 5.92 Å². The lowest BCUT2D eigenvalue weighted by molar-refractivity contribution is -0.119. The lowest BCUT2D eigenvalue weighted by Crippen LogP contribution is -2.35. The Balaban J connectivity index is 1.69. The van der Waals surface area contributed by atoms with E-state index < -0.39 is 5.41 Å². The number of amides is 1. The van der Waals surface area contributed by atoms with Crippen LogP contribution in [0, 0.1) is 5.92 Å². The van der Waals surface area contributed by atoms with Gasteiger partial charge in [-0.15, -0.1) is 0 Å². The number of nitrogens with one attached hydrogen (secondary N) is 2. The van der Waals surface area contributed by atoms with Crippen LogP contribution in [0.5, 0.6) is 0 Å². The van der Waals surface area contributed by atoms with Gasteiger partial charge in [0.15, 0.2) is 0 Å². The average molecular weight is 316 g/mol. The van der Waals surface area contributed by atoms with Crippen LogP contribution < -0.4 is 10.6 Å². The van der Waals surface area contributed by atoms with Crippen molar-refractivity contribution in [2.45, 2.75) is 64.0 Å². The average Bonchev–Trinajstić information content (AvgIpc) is 2.77. The number of benzene rings is 1. The van der Waals surface area contributed by atoms with Gasteiger partial charge in [-0.25, -0.2) is 0 Å². The molecule has 1 heterocycles. The first-order valence-electron chi connectivity index (χ1n) is 8.74. The number of aliphatic hydroxyl groups excluding tert-OH is 1. The molecule has 3 rings (SSSR count). The lowest BCUT2D eigenvalue weighted by Gasteiger charge is -2.31. The molecule has 1 fully saturated rings. The van der Waals surface area contributed by atoms with Crippen molar-refractivity contribution in [1.29, 1.82) is 0 Å². The van der Waals surface area contributed by atoms with E-state index in [1.54, 1.807) is 0 Å². The van der Waals surface area contributed by atoms with E-state index in [0.29, 0.717) is 18.6 Å². The highest BCUT2D eigenvalue weighted by Crippen LogP contribution is 2.38. The normalized spacial score (nSPS) is 27.4. The van der Waals surface area contributed by atoms with Crippen molar-refractivity contribution in [3.63, 3.8) is 0 Å². The SMILES string of the molecule is CC(NC1CCC(CO)CC1)c1ccc2c(c1)C(C)(C)C(=O)N2. The summed E-state index contributed by atoms with van der Waals surface area (Å²) in [4.78, 5) is 12.1. The largest absolute Gasteiger partial charge is 0.396 e. The Hall–Kier alpha value is -1.39. The second kappa shape index (κ2) is 6.25. The summed E-state index contributed by atoms with van der Waals surface area (Å²) in [6.07, 6.45) is 4.48. The van der Waals surface area contributed by atoms with E-state index in [2.05, 4.69) is 29.7 Å². The maximum Gasteiger partial charge on any atom is 0.234 e. The second-order valence-corrected chi connectivity index (χ2v) is 7.67. The third-order valence-electron chi connectivity index (χ3n) is 5.62. The molecule has 1 amide bonds. The summed E-state index contributed by atoms with van der Waals surface area (Å²) in [7, 11) is 0. The van der Waals surface area contributed by atoms with Crippen LogP contribution in [-0.2, 0) is 10.2 Å². The first-order valence-corrected chi connectivity index (χ1v) is 8.74. The van der Waals surface area contributed by atoms with Gasteiger partial charge in [0.1, 0.15) is 0 Å². The Bertz CT molecular complexity index is 589. The first-order chi connectivity index (χ1) is 10.9. The molecule has 1 aliphatic carbocycles. The van der Waals surface area contributed by atoms with Crippen molar-refractivity contribution < 1.29 is 9.90 Å². The van der Waals surface area contributed by atoms with E-state index in [1.165, 1.54) is 5.56 Å². The molecule has 0 radical (unpaired) electrons. The number of aliphatic hydroxyl groups is 1. The Morgan fingerprint density at radius 3 is 2.65 bits per heavy atom. The molecule has 4 heteroatoms. The Kier molecular flexibility index (Phi) is 4.47. The summed E-state index contributed by atoms with van der Waals surface area (Å²) in [6, 6.07) is 7.09. The van der Waals surface area contributed by atoms with Gasteiger partial charge in [-0.1, -0.05) is 12.1 Å². The minimum atomic E-state index is -0.454. The molecule has 126 valence electrons. The van der Waals surface area contributed by atoms with E-state index in [-0.39, 0.29) is 11.9 Å². The summed E-state index contributed by atoms with van der Waals surface area (Å²) < 4.78 is 0. The Morgan fingerprint density at radius 1 is 1.30 bits per heavy atom. The Morgan fingerprint density at radius 2 is 2.00 bits per heavy atom. The third-order valence-corrected chi connectivity index (χ3v) is 5.62. The maximum atomic E-state index is 12.1. The fraction of sp³-hybridized carbons (Fsp3) is 0.632. The van der Waals surface area contributed by atoms with Crippen LogP contribution in [0.25, 0.3) is 0 Å². The molecule has 23 heavy (non-hydrogen) atoms. The van der Waals surface area contributed by atoms with E-state index >= 15 is 0 Å². The van der Waals surface area contributed by atoms with Crippen molar-refractivity contribution >= 4 is 11.6 Å². The van der Waals surface area contributed by atoms with Gasteiger partial charge >= 0.3 is 0 Å². The standard InChI is InChI=1S/C19H28N2O2/c1-12(20-15-7-4-13(11-22)5-8-15)14-6-9-17-16(10-14)19(2,3)18(23)21-17/h6,9-10,12-13,15,20,22H,4-5,7-8,11H2,1-3H3,(H,21,23). The van der Waals surface area contributed by atoms with Crippen LogP contribution in [0.3, 0.4) is 0 Å². The predicted molar refractivity (Wildman–Crippen MR) is 92.5 cm³/mol. The molecular formula is C19H28N2O2. The fourth-order valence-corrected chi connectivity index (χ4v) is 3.82. The number of carbonyl (C=O) groups excluding carboxylic acids is 1. The van der Waals surface area contributed by atoms with Gasteiger partial charge in [0.05, 0.1) is 5.41 Å². The topological polar surface area (TPSA) is 61.4 Å². The molecule has 0 bridgehead atoms. The monoisotopic (exact) mass is 316 g/mol. The number of carbonyl (C=O) groups is 1. The fourth-order valence-electron chi connectivity index (χ4n) is 3.82. The molecular weight excluding hydrogens is 288 g/mol. The molecule has 1 saturated carbocycles. The molecule has 1 atom stereocenters. The molecule has 0 spiro atoms. The molecule has 0 saturated heterocycles. The van der Waals surface area contributed by atoms with Crippen molar-refractivity contribution in [3.05, 3.63) is 29.3 Å². The smallest absolute Gasteiger partial charge is 0.234 e. The molecule has 1 aromatic rings. The summed E-state index contributed by atoms with van der Waals surface area (Å²) in [5, 5.41) is 15.9. The molecule has 3 N–H and O–H groups in total. The number of anilines is 1. The third kappa shape index (κ3) is 3.15. The minimum absolute atomic E-state index is 0.0765.